The number of pyridine rings is 1. The van der Waals surface area contributed by atoms with Gasteiger partial charge in [-0.05, 0) is 28.1 Å². The lowest BCUT2D eigenvalue weighted by atomic mass is 10.2. The zero-order chi connectivity index (χ0) is 10.1. The normalized spacial score (nSPS) is 13.4. The first kappa shape index (κ1) is 9.64. The predicted molar refractivity (Wildman–Crippen MR) is 56.9 cm³/mol. The van der Waals surface area contributed by atoms with Crippen molar-refractivity contribution in [2.24, 2.45) is 5.73 Å². The van der Waals surface area contributed by atoms with Crippen LogP contribution in [0.25, 0.3) is 5.65 Å². The number of nitrogens with two attached hydrogens (primary N) is 1. The molecule has 4 nitrogen and oxygen atoms in total. The van der Waals surface area contributed by atoms with Gasteiger partial charge in [-0.2, -0.15) is 0 Å². The van der Waals surface area contributed by atoms with E-state index in [0.29, 0.717) is 5.69 Å². The molecule has 1 atom stereocenters. The first-order valence-electron chi connectivity index (χ1n) is 4.21. The molecule has 2 heterocycles. The second-order valence-corrected chi connectivity index (χ2v) is 3.98. The average molecular weight is 256 g/mol. The Kier molecular flexibility index (Phi) is 2.54. The summed E-state index contributed by atoms with van der Waals surface area (Å²) in [5.41, 5.74) is 7.18. The second-order valence-electron chi connectivity index (χ2n) is 3.07. The molecular weight excluding hydrogens is 246 g/mol. The van der Waals surface area contributed by atoms with E-state index >= 15 is 0 Å². The molecule has 0 aliphatic rings. The first-order valence-corrected chi connectivity index (χ1v) is 5.00. The maximum absolute atomic E-state index is 8.88. The first-order chi connectivity index (χ1) is 6.70. The highest BCUT2D eigenvalue weighted by atomic mass is 79.9. The molecule has 2 aromatic rings. The zero-order valence-electron chi connectivity index (χ0n) is 7.39. The zero-order valence-corrected chi connectivity index (χ0v) is 8.98. The van der Waals surface area contributed by atoms with Gasteiger partial charge in [0.2, 0.25) is 0 Å². The monoisotopic (exact) mass is 255 g/mol. The molecule has 14 heavy (non-hydrogen) atoms. The molecule has 74 valence electrons. The lowest BCUT2D eigenvalue weighted by Gasteiger charge is -2.01. The number of nitrogens with zero attached hydrogens (tertiary/aromatic N) is 2. The number of aliphatic hydroxyl groups is 1. The van der Waals surface area contributed by atoms with E-state index in [1.165, 1.54) is 0 Å². The summed E-state index contributed by atoms with van der Waals surface area (Å²) in [6.07, 6.45) is 3.72. The molecule has 0 bridgehead atoms. The summed E-state index contributed by atoms with van der Waals surface area (Å²) in [4.78, 5) is 4.28. The highest BCUT2D eigenvalue weighted by Crippen LogP contribution is 2.14. The smallest absolute Gasteiger partial charge is 0.137 e. The van der Waals surface area contributed by atoms with Crippen LogP contribution in [0.4, 0.5) is 0 Å². The van der Waals surface area contributed by atoms with E-state index in [1.54, 1.807) is 0 Å². The quantitative estimate of drug-likeness (QED) is 0.845. The van der Waals surface area contributed by atoms with Crippen molar-refractivity contribution >= 4 is 21.6 Å². The molecule has 0 aliphatic heterocycles. The van der Waals surface area contributed by atoms with Crippen molar-refractivity contribution in [2.75, 3.05) is 6.61 Å². The lowest BCUT2D eigenvalue weighted by Crippen LogP contribution is -2.14. The molecule has 0 spiro atoms. The summed E-state index contributed by atoms with van der Waals surface area (Å²) in [5, 5.41) is 8.88. The van der Waals surface area contributed by atoms with Gasteiger partial charge in [0.05, 0.1) is 18.3 Å². The lowest BCUT2D eigenvalue weighted by molar-refractivity contribution is 0.266. The molecular formula is C9H10BrN3O. The number of imidazole rings is 1. The minimum absolute atomic E-state index is 0.0922. The highest BCUT2D eigenvalue weighted by molar-refractivity contribution is 9.10. The Morgan fingerprint density at radius 2 is 2.29 bits per heavy atom. The Balaban J connectivity index is 2.51. The number of fused-ring (bicyclic) bond motifs is 1. The Morgan fingerprint density at radius 1 is 1.50 bits per heavy atom. The van der Waals surface area contributed by atoms with Gasteiger partial charge in [-0.25, -0.2) is 4.98 Å². The third kappa shape index (κ3) is 1.66. The topological polar surface area (TPSA) is 63.5 Å². The Bertz CT molecular complexity index is 454. The van der Waals surface area contributed by atoms with Gasteiger partial charge in [0.15, 0.2) is 0 Å². The summed E-state index contributed by atoms with van der Waals surface area (Å²) in [6, 6.07) is 3.39. The molecule has 0 aliphatic carbocycles. The van der Waals surface area contributed by atoms with Crippen LogP contribution < -0.4 is 5.73 Å². The van der Waals surface area contributed by atoms with Crippen LogP contribution in [-0.2, 0) is 0 Å². The van der Waals surface area contributed by atoms with Crippen LogP contribution in [0.2, 0.25) is 0 Å². The Labute approximate surface area is 89.5 Å². The van der Waals surface area contributed by atoms with Gasteiger partial charge in [0, 0.05) is 16.9 Å². The number of aromatic nitrogens is 2. The van der Waals surface area contributed by atoms with Gasteiger partial charge in [-0.15, -0.1) is 0 Å². The van der Waals surface area contributed by atoms with Gasteiger partial charge in [-0.3, -0.25) is 0 Å². The summed E-state index contributed by atoms with van der Waals surface area (Å²) in [5.74, 6) is 0. The van der Waals surface area contributed by atoms with Crippen LogP contribution in [0.15, 0.2) is 29.0 Å². The number of hydrogen-bond acceptors (Lipinski definition) is 3. The van der Waals surface area contributed by atoms with Crippen LogP contribution in [-0.4, -0.2) is 21.1 Å². The van der Waals surface area contributed by atoms with E-state index in [4.69, 9.17) is 10.8 Å². The number of halogens is 1. The molecule has 5 heteroatoms. The largest absolute Gasteiger partial charge is 0.394 e. The summed E-state index contributed by atoms with van der Waals surface area (Å²) in [7, 11) is 0. The molecule has 0 amide bonds. The van der Waals surface area contributed by atoms with Crippen LogP contribution in [0.5, 0.6) is 0 Å². The molecule has 0 saturated heterocycles. The SMILES string of the molecule is NC(CO)c1cn2cc(Br)ccc2n1. The van der Waals surface area contributed by atoms with Crippen molar-refractivity contribution in [3.05, 3.63) is 34.7 Å². The minimum atomic E-state index is -0.409. The summed E-state index contributed by atoms with van der Waals surface area (Å²) in [6.45, 7) is -0.0922. The molecule has 0 radical (unpaired) electrons. The van der Waals surface area contributed by atoms with Gasteiger partial charge in [0.1, 0.15) is 5.65 Å². The maximum atomic E-state index is 8.88. The van der Waals surface area contributed by atoms with Gasteiger partial charge >= 0.3 is 0 Å². The number of hydrogen-bond donors (Lipinski definition) is 2. The maximum Gasteiger partial charge on any atom is 0.137 e. The molecule has 0 saturated carbocycles. The third-order valence-corrected chi connectivity index (χ3v) is 2.48. The predicted octanol–water partition coefficient (Wildman–Crippen LogP) is 1.09. The van der Waals surface area contributed by atoms with Crippen molar-refractivity contribution in [1.29, 1.82) is 0 Å². The highest BCUT2D eigenvalue weighted by Gasteiger charge is 2.08. The fraction of sp³-hybridized carbons (Fsp3) is 0.222. The van der Waals surface area contributed by atoms with E-state index in [9.17, 15) is 0 Å². The molecule has 2 rings (SSSR count). The van der Waals surface area contributed by atoms with E-state index in [2.05, 4.69) is 20.9 Å². The molecule has 3 N–H and O–H groups in total. The standard InChI is InChI=1S/C9H10BrN3O/c10-6-1-2-9-12-8(7(11)5-14)4-13(9)3-6/h1-4,7,14H,5,11H2. The van der Waals surface area contributed by atoms with Crippen LogP contribution in [0.1, 0.15) is 11.7 Å². The second kappa shape index (κ2) is 3.68. The Morgan fingerprint density at radius 3 is 3.00 bits per heavy atom. The van der Waals surface area contributed by atoms with Crippen molar-refractivity contribution in [3.63, 3.8) is 0 Å². The molecule has 0 fully saturated rings. The summed E-state index contributed by atoms with van der Waals surface area (Å²) >= 11 is 3.37. The van der Waals surface area contributed by atoms with Gasteiger partial charge < -0.3 is 15.2 Å². The van der Waals surface area contributed by atoms with Crippen molar-refractivity contribution in [3.8, 4) is 0 Å². The van der Waals surface area contributed by atoms with Crippen molar-refractivity contribution in [2.45, 2.75) is 6.04 Å². The average Bonchev–Trinajstić information content (AvgIpc) is 2.59. The van der Waals surface area contributed by atoms with Crippen molar-refractivity contribution in [1.82, 2.24) is 9.38 Å². The van der Waals surface area contributed by atoms with Crippen LogP contribution in [0.3, 0.4) is 0 Å². The van der Waals surface area contributed by atoms with E-state index in [0.717, 1.165) is 10.1 Å². The van der Waals surface area contributed by atoms with Gasteiger partial charge in [0.25, 0.3) is 0 Å². The third-order valence-electron chi connectivity index (χ3n) is 2.01. The van der Waals surface area contributed by atoms with Crippen LogP contribution >= 0.6 is 15.9 Å². The van der Waals surface area contributed by atoms with Crippen molar-refractivity contribution < 1.29 is 5.11 Å². The molecule has 1 unspecified atom stereocenters. The minimum Gasteiger partial charge on any atom is -0.394 e. The number of aliphatic hydroxyl groups excluding tert-OH is 1. The Hall–Kier alpha value is -0.910. The van der Waals surface area contributed by atoms with E-state index in [-0.39, 0.29) is 6.61 Å². The summed E-state index contributed by atoms with van der Waals surface area (Å²) < 4.78 is 2.85. The van der Waals surface area contributed by atoms with E-state index in [1.807, 2.05) is 28.9 Å². The number of rotatable bonds is 2. The molecule has 2 aromatic heterocycles. The fourth-order valence-electron chi connectivity index (χ4n) is 1.26. The van der Waals surface area contributed by atoms with E-state index < -0.39 is 6.04 Å². The van der Waals surface area contributed by atoms with Crippen LogP contribution in [0, 0.1) is 0 Å². The van der Waals surface area contributed by atoms with Gasteiger partial charge in [-0.1, -0.05) is 0 Å². The molecule has 0 aromatic carbocycles. The fourth-order valence-corrected chi connectivity index (χ4v) is 1.61.